The smallest absolute Gasteiger partial charge is 0.154 e. The normalized spacial score (nSPS) is 46.6. The van der Waals surface area contributed by atoms with Crippen LogP contribution in [0.15, 0.2) is 11.6 Å². The highest BCUT2D eigenvalue weighted by Crippen LogP contribution is 2.66. The van der Waals surface area contributed by atoms with Gasteiger partial charge in [0.2, 0.25) is 0 Å². The van der Waals surface area contributed by atoms with Gasteiger partial charge in [0.15, 0.2) is 5.78 Å². The van der Waals surface area contributed by atoms with Gasteiger partial charge in [-0.05, 0) is 93.8 Å². The molecule has 1 aromatic rings. The first-order chi connectivity index (χ1) is 13.6. The Kier molecular flexibility index (Phi) is 4.27. The van der Waals surface area contributed by atoms with Crippen molar-refractivity contribution in [2.24, 2.45) is 34.5 Å². The minimum absolute atomic E-state index is 0.0878. The Morgan fingerprint density at radius 3 is 2.72 bits per heavy atom. The number of aromatic nitrogens is 3. The van der Waals surface area contributed by atoms with Crippen molar-refractivity contribution < 1.29 is 9.90 Å². The van der Waals surface area contributed by atoms with E-state index in [0.29, 0.717) is 30.1 Å². The van der Waals surface area contributed by atoms with Crippen molar-refractivity contribution in [3.05, 3.63) is 17.5 Å². The number of carbonyl (C=O) groups is 1. The van der Waals surface area contributed by atoms with Crippen LogP contribution >= 0.6 is 0 Å². The molecule has 0 spiro atoms. The molecule has 3 saturated carbocycles. The average molecular weight is 399 g/mol. The molecule has 0 radical (unpaired) electrons. The molecule has 0 unspecified atom stereocenters. The molecule has 3 fully saturated rings. The lowest BCUT2D eigenvalue weighted by Crippen LogP contribution is -2.51. The maximum Gasteiger partial charge on any atom is 0.154 e. The van der Waals surface area contributed by atoms with Crippen molar-refractivity contribution in [2.45, 2.75) is 91.2 Å². The van der Waals surface area contributed by atoms with E-state index in [2.05, 4.69) is 30.2 Å². The summed E-state index contributed by atoms with van der Waals surface area (Å²) in [6, 6.07) is 0. The van der Waals surface area contributed by atoms with Gasteiger partial charge in [0.05, 0.1) is 18.0 Å². The molecule has 0 saturated heterocycles. The predicted molar refractivity (Wildman–Crippen MR) is 111 cm³/mol. The van der Waals surface area contributed by atoms with Gasteiger partial charge in [-0.2, -0.15) is 0 Å². The van der Waals surface area contributed by atoms with Crippen LogP contribution < -0.4 is 5.21 Å². The number of Topliss-reactive ketones (excluding diaryl/α,β-unsaturated/α-hetero) is 1. The number of allylic oxidation sites excluding steroid dienone is 2. The van der Waals surface area contributed by atoms with Gasteiger partial charge in [-0.3, -0.25) is 4.79 Å². The van der Waals surface area contributed by atoms with Crippen molar-refractivity contribution >= 4 is 5.78 Å². The van der Waals surface area contributed by atoms with E-state index in [0.717, 1.165) is 37.9 Å². The molecule has 29 heavy (non-hydrogen) atoms. The topological polar surface area (TPSA) is 69.2 Å². The molecule has 1 heterocycles. The first-order valence-corrected chi connectivity index (χ1v) is 11.6. The van der Waals surface area contributed by atoms with Gasteiger partial charge < -0.3 is 20.1 Å². The molecule has 1 N–H and O–H groups in total. The number of aliphatic hydroxyl groups is 1. The fourth-order valence-corrected chi connectivity index (χ4v) is 7.83. The van der Waals surface area contributed by atoms with Gasteiger partial charge in [-0.25, -0.2) is 0 Å². The zero-order chi connectivity index (χ0) is 20.6. The summed E-state index contributed by atoms with van der Waals surface area (Å²) >= 11 is 0. The van der Waals surface area contributed by atoms with Crippen molar-refractivity contribution in [1.29, 1.82) is 0 Å². The molecule has 0 aliphatic heterocycles. The van der Waals surface area contributed by atoms with Gasteiger partial charge in [-0.15, -0.1) is 0 Å². The highest BCUT2D eigenvalue weighted by atomic mass is 16.3. The Morgan fingerprint density at radius 1 is 1.24 bits per heavy atom. The second-order valence-corrected chi connectivity index (χ2v) is 11.4. The number of hydrogen-bond acceptors (Lipinski definition) is 3. The summed E-state index contributed by atoms with van der Waals surface area (Å²) in [5.74, 6) is 3.20. The number of ketones is 1. The van der Waals surface area contributed by atoms with Gasteiger partial charge in [0.1, 0.15) is 0 Å². The van der Waals surface area contributed by atoms with Crippen LogP contribution in [0.4, 0.5) is 0 Å². The van der Waals surface area contributed by atoms with E-state index in [1.165, 1.54) is 19.3 Å². The summed E-state index contributed by atoms with van der Waals surface area (Å²) in [7, 11) is 0. The number of aryl methyl sites for hydroxylation is 1. The van der Waals surface area contributed by atoms with E-state index >= 15 is 0 Å². The third-order valence-electron chi connectivity index (χ3n) is 9.68. The summed E-state index contributed by atoms with van der Waals surface area (Å²) < 4.78 is 1.75. The molecule has 4 aliphatic carbocycles. The molecule has 160 valence electrons. The number of fused-ring (bicyclic) bond motifs is 5. The number of nitrogens with zero attached hydrogens (tertiary/aromatic N) is 3. The Labute approximate surface area is 174 Å². The highest BCUT2D eigenvalue weighted by Gasteiger charge is 2.58. The largest absolute Gasteiger partial charge is 0.510 e. The molecule has 5 heteroatoms. The van der Waals surface area contributed by atoms with Crippen molar-refractivity contribution in [2.75, 3.05) is 0 Å². The fraction of sp³-hybridized carbons (Fsp3) is 0.833. The summed E-state index contributed by atoms with van der Waals surface area (Å²) in [5.41, 5.74) is 1.53. The van der Waals surface area contributed by atoms with Gasteiger partial charge in [0, 0.05) is 5.92 Å². The molecule has 5 rings (SSSR count). The summed E-state index contributed by atoms with van der Waals surface area (Å²) in [6.07, 6.45) is 11.2. The minimum Gasteiger partial charge on any atom is -0.510 e. The second kappa shape index (κ2) is 6.32. The average Bonchev–Trinajstić information content (AvgIpc) is 3.02. The Hall–Kier alpha value is -1.36. The second-order valence-electron chi connectivity index (χ2n) is 11.4. The van der Waals surface area contributed by atoms with E-state index in [1.54, 1.807) is 10.3 Å². The van der Waals surface area contributed by atoms with Crippen LogP contribution in [0.5, 0.6) is 0 Å². The Balaban J connectivity index is 1.40. The molecular formula is C24H36N3O2-. The van der Waals surface area contributed by atoms with Gasteiger partial charge in [-0.1, -0.05) is 25.5 Å². The van der Waals surface area contributed by atoms with Crippen LogP contribution in [0.3, 0.4) is 0 Å². The van der Waals surface area contributed by atoms with E-state index in [-0.39, 0.29) is 16.7 Å². The minimum atomic E-state index is -0.491. The van der Waals surface area contributed by atoms with Crippen LogP contribution in [0.1, 0.15) is 78.0 Å². The summed E-state index contributed by atoms with van der Waals surface area (Å²) in [4.78, 5) is 13.2. The molecule has 5 nitrogen and oxygen atoms in total. The van der Waals surface area contributed by atoms with E-state index in [1.807, 2.05) is 13.8 Å². The number of hydrogen-bond donors (Lipinski definition) is 1. The fourth-order valence-electron chi connectivity index (χ4n) is 7.83. The molecule has 0 bridgehead atoms. The van der Waals surface area contributed by atoms with Crippen LogP contribution in [-0.2, 0) is 11.3 Å². The summed E-state index contributed by atoms with van der Waals surface area (Å²) in [5, 5.41) is 18.6. The Morgan fingerprint density at radius 2 is 2.03 bits per heavy atom. The first-order valence-electron chi connectivity index (χ1n) is 11.6. The maximum atomic E-state index is 13.2. The van der Waals surface area contributed by atoms with Crippen molar-refractivity contribution in [1.82, 2.24) is 15.0 Å². The molecule has 0 aromatic carbocycles. The van der Waals surface area contributed by atoms with Gasteiger partial charge >= 0.3 is 0 Å². The SMILES string of the molecule is Cc1n[n-]n1CC(=O)[C@H]1CC[C@H]2[C@@H]3CC[C@@H]4C[C@](C)(O)CC[C@]4(C)C3=CC[C@]12C. The molecule has 4 aliphatic rings. The van der Waals surface area contributed by atoms with Crippen LogP contribution in [0, 0.1) is 41.4 Å². The van der Waals surface area contributed by atoms with Gasteiger partial charge in [0.25, 0.3) is 0 Å². The molecular weight excluding hydrogens is 362 g/mol. The van der Waals surface area contributed by atoms with E-state index in [9.17, 15) is 9.90 Å². The van der Waals surface area contributed by atoms with Crippen LogP contribution in [0.25, 0.3) is 0 Å². The number of carbonyl (C=O) groups excluding carboxylic acids is 1. The standard InChI is InChI=1S/C24H36N3O2/c1-15-25-26-27(15)14-21(28)20-8-7-18-17-6-5-16-13-22(2,29)11-12-23(16,3)19(17)9-10-24(18,20)4/h9,16-18,20,29H,5-8,10-14H2,1-4H3/q-1/t16-,17+,18+,20-,22-,23+,24+/m1/s1. The van der Waals surface area contributed by atoms with Crippen LogP contribution in [-0.4, -0.2) is 26.3 Å². The molecule has 0 amide bonds. The zero-order valence-corrected chi connectivity index (χ0v) is 18.4. The molecule has 7 atom stereocenters. The van der Waals surface area contributed by atoms with Crippen LogP contribution in [0.2, 0.25) is 0 Å². The quantitative estimate of drug-likeness (QED) is 0.780. The third kappa shape index (κ3) is 2.83. The summed E-state index contributed by atoms with van der Waals surface area (Å²) in [6.45, 7) is 9.18. The number of rotatable bonds is 3. The zero-order valence-electron chi connectivity index (χ0n) is 18.4. The predicted octanol–water partition coefficient (Wildman–Crippen LogP) is 4.05. The highest BCUT2D eigenvalue weighted by molar-refractivity contribution is 5.82. The Bertz CT molecular complexity index is 849. The van der Waals surface area contributed by atoms with Crippen molar-refractivity contribution in [3.63, 3.8) is 0 Å². The van der Waals surface area contributed by atoms with Crippen molar-refractivity contribution in [3.8, 4) is 0 Å². The third-order valence-corrected chi connectivity index (χ3v) is 9.68. The molecule has 1 aromatic heterocycles. The maximum absolute atomic E-state index is 13.2. The van der Waals surface area contributed by atoms with E-state index < -0.39 is 5.60 Å². The monoisotopic (exact) mass is 398 g/mol. The lowest BCUT2D eigenvalue weighted by Gasteiger charge is -2.58. The lowest BCUT2D eigenvalue weighted by atomic mass is 9.47. The first kappa shape index (κ1) is 19.6. The lowest BCUT2D eigenvalue weighted by molar-refractivity contribution is -0.128. The van der Waals surface area contributed by atoms with E-state index in [4.69, 9.17) is 0 Å².